The van der Waals surface area contributed by atoms with Crippen molar-refractivity contribution in [2.24, 2.45) is 0 Å². The second-order valence-electron chi connectivity index (χ2n) is 9.58. The molecule has 1 saturated carbocycles. The molecule has 178 valence electrons. The number of aromatic amines is 1. The summed E-state index contributed by atoms with van der Waals surface area (Å²) in [5.41, 5.74) is 5.47. The van der Waals surface area contributed by atoms with Crippen molar-refractivity contribution in [1.29, 1.82) is 5.26 Å². The molecule has 2 aliphatic rings. The fourth-order valence-corrected chi connectivity index (χ4v) is 5.29. The van der Waals surface area contributed by atoms with Crippen molar-refractivity contribution in [3.05, 3.63) is 54.6 Å². The van der Waals surface area contributed by atoms with E-state index in [1.807, 2.05) is 36.8 Å². The van der Waals surface area contributed by atoms with Gasteiger partial charge in [-0.15, -0.1) is 0 Å². The van der Waals surface area contributed by atoms with Gasteiger partial charge in [0, 0.05) is 53.5 Å². The van der Waals surface area contributed by atoms with Crippen LogP contribution >= 0.6 is 0 Å². The molecule has 1 aliphatic heterocycles. The van der Waals surface area contributed by atoms with Crippen LogP contribution in [0.4, 0.5) is 0 Å². The number of aromatic nitrogens is 4. The first-order valence-electron chi connectivity index (χ1n) is 12.6. The average Bonchev–Trinajstić information content (AvgIpc) is 3.58. The zero-order valence-electron chi connectivity index (χ0n) is 19.7. The number of nitrogens with zero attached hydrogens (tertiary/aromatic N) is 4. The van der Waals surface area contributed by atoms with Gasteiger partial charge in [-0.05, 0) is 36.6 Å². The van der Waals surface area contributed by atoms with Crippen molar-refractivity contribution in [3.8, 4) is 34.1 Å². The maximum Gasteiger partial charge on any atom is 0.137 e. The molecular formula is C28H29N5O2. The molecule has 2 fully saturated rings. The van der Waals surface area contributed by atoms with Crippen LogP contribution in [0.1, 0.15) is 56.6 Å². The van der Waals surface area contributed by atoms with E-state index in [4.69, 9.17) is 9.47 Å². The Labute approximate surface area is 204 Å². The lowest BCUT2D eigenvalue weighted by molar-refractivity contribution is 0.0254. The van der Waals surface area contributed by atoms with Gasteiger partial charge in [0.2, 0.25) is 0 Å². The zero-order valence-corrected chi connectivity index (χ0v) is 19.7. The number of hydrogen-bond acceptors (Lipinski definition) is 5. The first-order chi connectivity index (χ1) is 17.3. The number of pyridine rings is 1. The maximum atomic E-state index is 9.80. The Bertz CT molecular complexity index is 1370. The third-order valence-electron chi connectivity index (χ3n) is 7.29. The number of benzene rings is 1. The van der Waals surface area contributed by atoms with Gasteiger partial charge in [-0.1, -0.05) is 25.3 Å². The molecule has 4 aromatic rings. The molecule has 1 aromatic carbocycles. The van der Waals surface area contributed by atoms with E-state index in [0.29, 0.717) is 30.6 Å². The Balaban J connectivity index is 1.30. The Morgan fingerprint density at radius 1 is 1.00 bits per heavy atom. The van der Waals surface area contributed by atoms with Gasteiger partial charge in [-0.2, -0.15) is 10.4 Å². The van der Waals surface area contributed by atoms with Crippen LogP contribution in [0.25, 0.3) is 33.3 Å². The van der Waals surface area contributed by atoms with Gasteiger partial charge in [-0.25, -0.2) is 4.98 Å². The average molecular weight is 468 g/mol. The fraction of sp³-hybridized carbons (Fsp3) is 0.393. The molecule has 0 unspecified atom stereocenters. The van der Waals surface area contributed by atoms with Gasteiger partial charge in [0.1, 0.15) is 23.6 Å². The van der Waals surface area contributed by atoms with E-state index in [1.54, 1.807) is 0 Å². The molecule has 4 heterocycles. The van der Waals surface area contributed by atoms with E-state index in [9.17, 15) is 5.26 Å². The molecule has 35 heavy (non-hydrogen) atoms. The molecule has 7 nitrogen and oxygen atoms in total. The van der Waals surface area contributed by atoms with Gasteiger partial charge in [0.15, 0.2) is 0 Å². The summed E-state index contributed by atoms with van der Waals surface area (Å²) < 4.78 is 13.7. The predicted octanol–water partition coefficient (Wildman–Crippen LogP) is 6.03. The molecule has 0 spiro atoms. The molecule has 3 aromatic heterocycles. The fourth-order valence-electron chi connectivity index (χ4n) is 5.29. The minimum atomic E-state index is 0.0936. The molecule has 0 atom stereocenters. The highest BCUT2D eigenvalue weighted by Crippen LogP contribution is 2.35. The Morgan fingerprint density at radius 2 is 1.86 bits per heavy atom. The largest absolute Gasteiger partial charge is 0.489 e. The predicted molar refractivity (Wildman–Crippen MR) is 134 cm³/mol. The van der Waals surface area contributed by atoms with Crippen LogP contribution in [-0.2, 0) is 4.74 Å². The smallest absolute Gasteiger partial charge is 0.137 e. The van der Waals surface area contributed by atoms with Crippen LogP contribution in [0.15, 0.2) is 49.1 Å². The first kappa shape index (κ1) is 21.9. The number of nitrogens with one attached hydrogen (secondary N) is 1. The summed E-state index contributed by atoms with van der Waals surface area (Å²) in [5.74, 6) is 0.636. The number of hydrogen-bond donors (Lipinski definition) is 1. The molecule has 1 aliphatic carbocycles. The lowest BCUT2D eigenvalue weighted by atomic mass is 9.96. The monoisotopic (exact) mass is 467 g/mol. The summed E-state index contributed by atoms with van der Waals surface area (Å²) >= 11 is 0. The van der Waals surface area contributed by atoms with Gasteiger partial charge >= 0.3 is 0 Å². The highest BCUT2D eigenvalue weighted by Gasteiger charge is 2.19. The Kier molecular flexibility index (Phi) is 5.97. The van der Waals surface area contributed by atoms with Crippen LogP contribution in [0.3, 0.4) is 0 Å². The zero-order chi connectivity index (χ0) is 23.6. The van der Waals surface area contributed by atoms with Crippen LogP contribution in [0.2, 0.25) is 0 Å². The van der Waals surface area contributed by atoms with Gasteiger partial charge in [-0.3, -0.25) is 4.68 Å². The molecule has 0 amide bonds. The van der Waals surface area contributed by atoms with Crippen LogP contribution < -0.4 is 4.74 Å². The second kappa shape index (κ2) is 9.55. The van der Waals surface area contributed by atoms with Gasteiger partial charge in [0.25, 0.3) is 0 Å². The second-order valence-corrected chi connectivity index (χ2v) is 9.58. The molecule has 1 N–H and O–H groups in total. The highest BCUT2D eigenvalue weighted by atomic mass is 16.5. The Hall–Kier alpha value is -3.63. The van der Waals surface area contributed by atoms with Crippen LogP contribution in [-0.4, -0.2) is 39.1 Å². The minimum Gasteiger partial charge on any atom is -0.489 e. The summed E-state index contributed by atoms with van der Waals surface area (Å²) in [7, 11) is 0. The van der Waals surface area contributed by atoms with Crippen LogP contribution in [0.5, 0.6) is 5.75 Å². The number of fused-ring (bicyclic) bond motifs is 1. The normalized spacial score (nSPS) is 17.5. The Morgan fingerprint density at radius 3 is 2.69 bits per heavy atom. The minimum absolute atomic E-state index is 0.0936. The first-order valence-corrected chi connectivity index (χ1v) is 12.6. The van der Waals surface area contributed by atoms with Crippen molar-refractivity contribution in [2.45, 2.75) is 57.1 Å². The van der Waals surface area contributed by atoms with Crippen molar-refractivity contribution >= 4 is 11.0 Å². The summed E-state index contributed by atoms with van der Waals surface area (Å²) in [4.78, 5) is 7.95. The molecule has 0 radical (unpaired) electrons. The molecule has 6 rings (SSSR count). The van der Waals surface area contributed by atoms with Crippen molar-refractivity contribution in [3.63, 3.8) is 0 Å². The van der Waals surface area contributed by atoms with E-state index < -0.39 is 0 Å². The molecular weight excluding hydrogens is 438 g/mol. The lowest BCUT2D eigenvalue weighted by Crippen LogP contribution is -2.26. The topological polar surface area (TPSA) is 88.8 Å². The number of rotatable bonds is 5. The van der Waals surface area contributed by atoms with Crippen molar-refractivity contribution < 1.29 is 9.47 Å². The van der Waals surface area contributed by atoms with E-state index in [1.165, 1.54) is 32.1 Å². The van der Waals surface area contributed by atoms with E-state index in [0.717, 1.165) is 46.1 Å². The number of ether oxygens (including phenoxy) is 2. The summed E-state index contributed by atoms with van der Waals surface area (Å²) in [6.45, 7) is 1.41. The molecule has 7 heteroatoms. The van der Waals surface area contributed by atoms with Gasteiger partial charge < -0.3 is 14.5 Å². The summed E-state index contributed by atoms with van der Waals surface area (Å²) in [6, 6.07) is 10.8. The third-order valence-corrected chi connectivity index (χ3v) is 7.29. The van der Waals surface area contributed by atoms with E-state index in [2.05, 4.69) is 38.1 Å². The SMILES string of the molecule is N#Cc1cc(-c2c[nH]c3ncc(-c4cnn(C5CCCCC5)c4)cc23)ccc1OC1CCOCC1. The number of nitriles is 1. The van der Waals surface area contributed by atoms with E-state index >= 15 is 0 Å². The summed E-state index contributed by atoms with van der Waals surface area (Å²) in [6.07, 6.45) is 16.1. The van der Waals surface area contributed by atoms with E-state index in [-0.39, 0.29) is 6.10 Å². The lowest BCUT2D eigenvalue weighted by Gasteiger charge is -2.23. The molecule has 0 bridgehead atoms. The third kappa shape index (κ3) is 4.42. The van der Waals surface area contributed by atoms with Gasteiger partial charge in [0.05, 0.1) is 31.0 Å². The highest BCUT2D eigenvalue weighted by molar-refractivity contribution is 5.96. The number of H-pyrrole nitrogens is 1. The summed E-state index contributed by atoms with van der Waals surface area (Å²) in [5, 5.41) is 15.5. The quantitative estimate of drug-likeness (QED) is 0.387. The van der Waals surface area contributed by atoms with Crippen molar-refractivity contribution in [2.75, 3.05) is 13.2 Å². The standard InChI is InChI=1S/C28H29N5O2/c29-14-20-12-19(6-7-27(20)35-24-8-10-34-11-9-24)26-17-31-28-25(26)13-21(15-30-28)22-16-32-33(18-22)23-4-2-1-3-5-23/h6-7,12-13,15-18,23-24H,1-5,8-11H2,(H,30,31). The molecule has 1 saturated heterocycles. The maximum absolute atomic E-state index is 9.80. The van der Waals surface area contributed by atoms with Crippen LogP contribution in [0, 0.1) is 11.3 Å². The van der Waals surface area contributed by atoms with Crippen molar-refractivity contribution in [1.82, 2.24) is 19.7 Å².